The van der Waals surface area contributed by atoms with Crippen molar-refractivity contribution < 1.29 is 9.59 Å². The van der Waals surface area contributed by atoms with Crippen molar-refractivity contribution in [2.45, 2.75) is 6.42 Å². The number of halogens is 1. The second-order valence-corrected chi connectivity index (χ2v) is 5.50. The molecule has 0 aliphatic carbocycles. The van der Waals surface area contributed by atoms with Gasteiger partial charge in [0.25, 0.3) is 0 Å². The molecule has 2 rings (SSSR count). The molecule has 128 valence electrons. The van der Waals surface area contributed by atoms with Crippen LogP contribution in [0, 0.1) is 0 Å². The molecule has 0 fully saturated rings. The van der Waals surface area contributed by atoms with Crippen LogP contribution in [0.5, 0.6) is 0 Å². The number of hydrogen-bond donors (Lipinski definition) is 2. The minimum Gasteiger partial charge on any atom is -0.309 e. The summed E-state index contributed by atoms with van der Waals surface area (Å²) in [6.07, 6.45) is 0.480. The van der Waals surface area contributed by atoms with E-state index in [2.05, 4.69) is 10.6 Å². The Morgan fingerprint density at radius 3 is 1.96 bits per heavy atom. The van der Waals surface area contributed by atoms with Crippen LogP contribution in [0.15, 0.2) is 54.6 Å². The summed E-state index contributed by atoms with van der Waals surface area (Å²) in [5.74, 6) is 0.0963. The Morgan fingerprint density at radius 2 is 1.42 bits per heavy atom. The first-order valence-corrected chi connectivity index (χ1v) is 7.45. The summed E-state index contributed by atoms with van der Waals surface area (Å²) in [6, 6.07) is 15.8. The molecule has 0 unspecified atom stereocenters. The standard InChI is InChI=1S/C18H21N3O2.ClH/c1-21(2)13-12-17(22)14-8-10-16(11-9-14)20-18(23)19-15-6-4-3-5-7-15;/h3-11H,12-13H2,1-2H3,(H2,19,20,23);1H. The molecule has 0 atom stereocenters. The van der Waals surface area contributed by atoms with Crippen molar-refractivity contribution in [2.75, 3.05) is 31.3 Å². The smallest absolute Gasteiger partial charge is 0.309 e. The summed E-state index contributed by atoms with van der Waals surface area (Å²) in [6.45, 7) is 0.721. The molecule has 0 aliphatic heterocycles. The maximum atomic E-state index is 12.0. The van der Waals surface area contributed by atoms with Gasteiger partial charge in [0.15, 0.2) is 5.78 Å². The fraction of sp³-hybridized carbons (Fsp3) is 0.222. The minimum atomic E-state index is -0.317. The largest absolute Gasteiger partial charge is 0.323 e. The lowest BCUT2D eigenvalue weighted by molar-refractivity contribution is 0.0972. The molecule has 6 heteroatoms. The van der Waals surface area contributed by atoms with Gasteiger partial charge >= 0.3 is 6.03 Å². The third-order valence-electron chi connectivity index (χ3n) is 3.28. The Morgan fingerprint density at radius 1 is 0.875 bits per heavy atom. The van der Waals surface area contributed by atoms with Crippen molar-refractivity contribution in [1.82, 2.24) is 4.90 Å². The van der Waals surface area contributed by atoms with Gasteiger partial charge < -0.3 is 15.5 Å². The molecule has 0 heterocycles. The summed E-state index contributed by atoms with van der Waals surface area (Å²) in [5, 5.41) is 5.48. The number of benzene rings is 2. The van der Waals surface area contributed by atoms with Gasteiger partial charge in [-0.3, -0.25) is 4.79 Å². The maximum Gasteiger partial charge on any atom is 0.323 e. The molecular formula is C18H22ClN3O2. The Labute approximate surface area is 148 Å². The first-order chi connectivity index (χ1) is 11.0. The van der Waals surface area contributed by atoms with E-state index >= 15 is 0 Å². The number of hydrogen-bond acceptors (Lipinski definition) is 3. The van der Waals surface area contributed by atoms with Gasteiger partial charge in [-0.15, -0.1) is 12.4 Å². The van der Waals surface area contributed by atoms with Crippen molar-refractivity contribution >= 4 is 35.6 Å². The third kappa shape index (κ3) is 6.40. The Hall–Kier alpha value is -2.37. The summed E-state index contributed by atoms with van der Waals surface area (Å²) in [4.78, 5) is 25.9. The fourth-order valence-electron chi connectivity index (χ4n) is 2.02. The van der Waals surface area contributed by atoms with Crippen LogP contribution in [0.3, 0.4) is 0 Å². The molecule has 2 aromatic carbocycles. The van der Waals surface area contributed by atoms with Crippen molar-refractivity contribution in [1.29, 1.82) is 0 Å². The van der Waals surface area contributed by atoms with E-state index in [1.807, 2.05) is 49.3 Å². The molecule has 5 nitrogen and oxygen atoms in total. The predicted molar refractivity (Wildman–Crippen MR) is 100 cm³/mol. The van der Waals surface area contributed by atoms with Crippen molar-refractivity contribution in [3.05, 3.63) is 60.2 Å². The number of carbonyl (C=O) groups excluding carboxylic acids is 2. The second kappa shape index (κ2) is 9.70. The SMILES string of the molecule is CN(C)CCC(=O)c1ccc(NC(=O)Nc2ccccc2)cc1.Cl. The highest BCUT2D eigenvalue weighted by Crippen LogP contribution is 2.12. The zero-order valence-corrected chi connectivity index (χ0v) is 14.6. The van der Waals surface area contributed by atoms with E-state index in [0.717, 1.165) is 12.2 Å². The second-order valence-electron chi connectivity index (χ2n) is 5.50. The normalized spacial score (nSPS) is 9.96. The quantitative estimate of drug-likeness (QED) is 0.779. The lowest BCUT2D eigenvalue weighted by Crippen LogP contribution is -2.19. The number of para-hydroxylation sites is 1. The van der Waals surface area contributed by atoms with Crippen LogP contribution in [0.1, 0.15) is 16.8 Å². The minimum absolute atomic E-state index is 0. The molecule has 0 aliphatic rings. The van der Waals surface area contributed by atoms with Gasteiger partial charge in [0, 0.05) is 29.9 Å². The molecule has 0 bridgehead atoms. The number of carbonyl (C=O) groups is 2. The van der Waals surface area contributed by atoms with Crippen LogP contribution < -0.4 is 10.6 Å². The zero-order valence-electron chi connectivity index (χ0n) is 13.8. The van der Waals surface area contributed by atoms with Crippen molar-refractivity contribution in [3.63, 3.8) is 0 Å². The van der Waals surface area contributed by atoms with E-state index in [0.29, 0.717) is 17.7 Å². The van der Waals surface area contributed by atoms with Crippen LogP contribution in [0.25, 0.3) is 0 Å². The molecule has 24 heavy (non-hydrogen) atoms. The van der Waals surface area contributed by atoms with Gasteiger partial charge in [0.05, 0.1) is 0 Å². The molecule has 2 amide bonds. The average Bonchev–Trinajstić information content (AvgIpc) is 2.54. The third-order valence-corrected chi connectivity index (χ3v) is 3.28. The molecule has 0 aromatic heterocycles. The molecule has 0 spiro atoms. The highest BCUT2D eigenvalue weighted by molar-refractivity contribution is 6.00. The van der Waals surface area contributed by atoms with Crippen LogP contribution in [-0.4, -0.2) is 37.4 Å². The van der Waals surface area contributed by atoms with Gasteiger partial charge in [-0.05, 0) is 50.5 Å². The first-order valence-electron chi connectivity index (χ1n) is 7.45. The van der Waals surface area contributed by atoms with Crippen LogP contribution in [0.2, 0.25) is 0 Å². The van der Waals surface area contributed by atoms with Gasteiger partial charge in [-0.1, -0.05) is 18.2 Å². The fourth-order valence-corrected chi connectivity index (χ4v) is 2.02. The summed E-state index contributed by atoms with van der Waals surface area (Å²) in [7, 11) is 3.87. The average molecular weight is 348 g/mol. The summed E-state index contributed by atoms with van der Waals surface area (Å²) < 4.78 is 0. The monoisotopic (exact) mass is 347 g/mol. The molecule has 2 N–H and O–H groups in total. The van der Waals surface area contributed by atoms with E-state index in [1.54, 1.807) is 24.3 Å². The number of rotatable bonds is 6. The lowest BCUT2D eigenvalue weighted by Gasteiger charge is -2.10. The molecule has 0 radical (unpaired) electrons. The maximum absolute atomic E-state index is 12.0. The Bertz CT molecular complexity index is 658. The Kier molecular flexibility index (Phi) is 7.95. The lowest BCUT2D eigenvalue weighted by atomic mass is 10.1. The van der Waals surface area contributed by atoms with Gasteiger partial charge in [-0.25, -0.2) is 4.79 Å². The number of nitrogens with one attached hydrogen (secondary N) is 2. The number of nitrogens with zero attached hydrogens (tertiary/aromatic N) is 1. The molecule has 2 aromatic rings. The van der Waals surface area contributed by atoms with E-state index in [1.165, 1.54) is 0 Å². The summed E-state index contributed by atoms with van der Waals surface area (Å²) in [5.41, 5.74) is 2.02. The first kappa shape index (κ1) is 19.7. The highest BCUT2D eigenvalue weighted by Gasteiger charge is 2.07. The van der Waals surface area contributed by atoms with Gasteiger partial charge in [0.2, 0.25) is 0 Å². The number of urea groups is 1. The van der Waals surface area contributed by atoms with E-state index in [9.17, 15) is 9.59 Å². The van der Waals surface area contributed by atoms with Crippen molar-refractivity contribution in [3.8, 4) is 0 Å². The van der Waals surface area contributed by atoms with E-state index < -0.39 is 0 Å². The van der Waals surface area contributed by atoms with Crippen molar-refractivity contribution in [2.24, 2.45) is 0 Å². The molecule has 0 saturated heterocycles. The summed E-state index contributed by atoms with van der Waals surface area (Å²) >= 11 is 0. The topological polar surface area (TPSA) is 61.4 Å². The highest BCUT2D eigenvalue weighted by atomic mass is 35.5. The predicted octanol–water partition coefficient (Wildman–Crippen LogP) is 3.89. The van der Waals surface area contributed by atoms with Crippen LogP contribution in [0.4, 0.5) is 16.2 Å². The number of anilines is 2. The van der Waals surface area contributed by atoms with Gasteiger partial charge in [0.1, 0.15) is 0 Å². The molecular weight excluding hydrogens is 326 g/mol. The van der Waals surface area contributed by atoms with Crippen LogP contribution >= 0.6 is 12.4 Å². The van der Waals surface area contributed by atoms with Gasteiger partial charge in [-0.2, -0.15) is 0 Å². The molecule has 0 saturated carbocycles. The zero-order chi connectivity index (χ0) is 16.7. The van der Waals surface area contributed by atoms with E-state index in [4.69, 9.17) is 0 Å². The Balaban J connectivity index is 0.00000288. The number of amides is 2. The van der Waals surface area contributed by atoms with Crippen LogP contribution in [-0.2, 0) is 0 Å². The number of Topliss-reactive ketones (excluding diaryl/α,β-unsaturated/α-hetero) is 1. The number of ketones is 1. The van der Waals surface area contributed by atoms with E-state index in [-0.39, 0.29) is 24.2 Å².